The van der Waals surface area contributed by atoms with Crippen molar-refractivity contribution in [1.82, 2.24) is 14.5 Å². The van der Waals surface area contributed by atoms with E-state index >= 15 is 0 Å². The lowest BCUT2D eigenvalue weighted by Crippen LogP contribution is -2.41. The molecule has 2 amide bonds. The quantitative estimate of drug-likeness (QED) is 0.696. The third-order valence-corrected chi connectivity index (χ3v) is 6.54. The highest BCUT2D eigenvalue weighted by Crippen LogP contribution is 2.22. The molecule has 1 N–H and O–H groups in total. The molecule has 0 aliphatic carbocycles. The van der Waals surface area contributed by atoms with Crippen LogP contribution in [0, 0.1) is 0 Å². The molecule has 8 heteroatoms. The molecule has 1 aliphatic rings. The molecule has 2 aromatic carbocycles. The van der Waals surface area contributed by atoms with Crippen molar-refractivity contribution >= 4 is 21.8 Å². The van der Waals surface area contributed by atoms with Gasteiger partial charge in [-0.25, -0.2) is 8.42 Å². The molecule has 1 saturated heterocycles. The van der Waals surface area contributed by atoms with Gasteiger partial charge in [0.15, 0.2) is 0 Å². The largest absolute Gasteiger partial charge is 0.350 e. The molecule has 0 bridgehead atoms. The van der Waals surface area contributed by atoms with Gasteiger partial charge in [0, 0.05) is 33.1 Å². The predicted octanol–water partition coefficient (Wildman–Crippen LogP) is 2.06. The summed E-state index contributed by atoms with van der Waals surface area (Å²) < 4.78 is 25.2. The second kappa shape index (κ2) is 9.40. The number of carbonyl (C=O) groups excluding carboxylic acids is 2. The SMILES string of the molecule is CN([C@H](C(=O)NCc1ccc(CN2CCCC2=O)cc1)c1ccccc1)S(C)(=O)=O. The van der Waals surface area contributed by atoms with Gasteiger partial charge in [-0.15, -0.1) is 0 Å². The van der Waals surface area contributed by atoms with Crippen LogP contribution in [0.5, 0.6) is 0 Å². The number of amides is 2. The number of likely N-dealkylation sites (N-methyl/N-ethyl adjacent to an activating group) is 1. The van der Waals surface area contributed by atoms with Gasteiger partial charge >= 0.3 is 0 Å². The average molecular weight is 430 g/mol. The number of sulfonamides is 1. The zero-order chi connectivity index (χ0) is 21.7. The van der Waals surface area contributed by atoms with Crippen molar-refractivity contribution in [2.24, 2.45) is 0 Å². The van der Waals surface area contributed by atoms with Gasteiger partial charge in [-0.2, -0.15) is 4.31 Å². The summed E-state index contributed by atoms with van der Waals surface area (Å²) >= 11 is 0. The highest BCUT2D eigenvalue weighted by molar-refractivity contribution is 7.88. The molecule has 1 heterocycles. The maximum atomic E-state index is 12.9. The van der Waals surface area contributed by atoms with Crippen LogP contribution in [-0.4, -0.2) is 49.3 Å². The Morgan fingerprint density at radius 3 is 2.30 bits per heavy atom. The van der Waals surface area contributed by atoms with Crippen LogP contribution >= 0.6 is 0 Å². The fourth-order valence-electron chi connectivity index (χ4n) is 3.49. The summed E-state index contributed by atoms with van der Waals surface area (Å²) in [5.41, 5.74) is 2.54. The first kappa shape index (κ1) is 22.0. The van der Waals surface area contributed by atoms with Gasteiger partial charge in [-0.1, -0.05) is 54.6 Å². The van der Waals surface area contributed by atoms with Crippen LogP contribution in [0.1, 0.15) is 35.6 Å². The van der Waals surface area contributed by atoms with Crippen LogP contribution < -0.4 is 5.32 Å². The molecule has 1 aliphatic heterocycles. The van der Waals surface area contributed by atoms with Gasteiger partial charge in [0.2, 0.25) is 21.8 Å². The molecular weight excluding hydrogens is 402 g/mol. The summed E-state index contributed by atoms with van der Waals surface area (Å²) in [7, 11) is -2.16. The minimum atomic E-state index is -3.56. The first-order valence-corrected chi connectivity index (χ1v) is 11.7. The van der Waals surface area contributed by atoms with Crippen molar-refractivity contribution in [2.45, 2.75) is 32.0 Å². The molecule has 1 atom stereocenters. The fraction of sp³-hybridized carbons (Fsp3) is 0.364. The fourth-order valence-corrected chi connectivity index (χ4v) is 4.09. The number of hydrogen-bond acceptors (Lipinski definition) is 4. The zero-order valence-electron chi connectivity index (χ0n) is 17.2. The van der Waals surface area contributed by atoms with Gasteiger partial charge in [0.05, 0.1) is 6.26 Å². The summed E-state index contributed by atoms with van der Waals surface area (Å²) in [5.74, 6) is -0.200. The lowest BCUT2D eigenvalue weighted by molar-refractivity contribution is -0.128. The highest BCUT2D eigenvalue weighted by atomic mass is 32.2. The number of carbonyl (C=O) groups is 2. The normalized spacial score (nSPS) is 15.4. The number of likely N-dealkylation sites (tertiary alicyclic amines) is 1. The molecule has 0 unspecified atom stereocenters. The Balaban J connectivity index is 1.65. The lowest BCUT2D eigenvalue weighted by Gasteiger charge is -2.25. The van der Waals surface area contributed by atoms with Crippen LogP contribution in [-0.2, 0) is 32.7 Å². The topological polar surface area (TPSA) is 86.8 Å². The Labute approximate surface area is 177 Å². The highest BCUT2D eigenvalue weighted by Gasteiger charge is 2.30. The Kier molecular flexibility index (Phi) is 6.89. The molecule has 0 spiro atoms. The standard InChI is InChI=1S/C22H27N3O4S/c1-24(30(2,28)29)21(19-7-4-3-5-8-19)22(27)23-15-17-10-12-18(13-11-17)16-25-14-6-9-20(25)26/h3-5,7-8,10-13,21H,6,9,14-16H2,1-2H3,(H,23,27)/t21-/m0/s1. The Hall–Kier alpha value is -2.71. The minimum absolute atomic E-state index is 0.188. The molecule has 30 heavy (non-hydrogen) atoms. The molecule has 0 radical (unpaired) electrons. The van der Waals surface area contributed by atoms with Crippen LogP contribution in [0.25, 0.3) is 0 Å². The van der Waals surface area contributed by atoms with Gasteiger partial charge in [-0.3, -0.25) is 9.59 Å². The number of rotatable bonds is 8. The van der Waals surface area contributed by atoms with Crippen LogP contribution in [0.2, 0.25) is 0 Å². The number of nitrogens with one attached hydrogen (secondary N) is 1. The summed E-state index contributed by atoms with van der Waals surface area (Å²) in [6.45, 7) is 1.68. The van der Waals surface area contributed by atoms with Gasteiger partial charge in [0.25, 0.3) is 0 Å². The average Bonchev–Trinajstić information content (AvgIpc) is 3.12. The van der Waals surface area contributed by atoms with Gasteiger partial charge in [-0.05, 0) is 23.1 Å². The summed E-state index contributed by atoms with van der Waals surface area (Å²) in [6, 6.07) is 15.6. The van der Waals surface area contributed by atoms with E-state index in [0.717, 1.165) is 34.7 Å². The molecule has 7 nitrogen and oxygen atoms in total. The number of hydrogen-bond donors (Lipinski definition) is 1. The smallest absolute Gasteiger partial charge is 0.243 e. The molecule has 3 rings (SSSR count). The molecule has 1 fully saturated rings. The first-order chi connectivity index (χ1) is 14.3. The van der Waals surface area contributed by atoms with Crippen molar-refractivity contribution in [1.29, 1.82) is 0 Å². The second-order valence-corrected chi connectivity index (χ2v) is 9.59. The van der Waals surface area contributed by atoms with Crippen LogP contribution in [0.4, 0.5) is 0 Å². The van der Waals surface area contributed by atoms with Crippen LogP contribution in [0.15, 0.2) is 54.6 Å². The zero-order valence-corrected chi connectivity index (χ0v) is 18.1. The third kappa shape index (κ3) is 5.46. The maximum Gasteiger partial charge on any atom is 0.243 e. The molecular formula is C22H27N3O4S. The second-order valence-electron chi connectivity index (χ2n) is 7.55. The van der Waals surface area contributed by atoms with Gasteiger partial charge in [0.1, 0.15) is 6.04 Å². The number of nitrogens with zero attached hydrogens (tertiary/aromatic N) is 2. The monoisotopic (exact) mass is 429 g/mol. The van der Waals surface area contributed by atoms with E-state index in [4.69, 9.17) is 0 Å². The Morgan fingerprint density at radius 2 is 1.73 bits per heavy atom. The van der Waals surface area contributed by atoms with E-state index in [1.807, 2.05) is 35.2 Å². The van der Waals surface area contributed by atoms with E-state index in [1.165, 1.54) is 7.05 Å². The van der Waals surface area contributed by atoms with E-state index in [9.17, 15) is 18.0 Å². The van der Waals surface area contributed by atoms with Crippen molar-refractivity contribution in [3.63, 3.8) is 0 Å². The molecule has 2 aromatic rings. The van der Waals surface area contributed by atoms with Crippen molar-refractivity contribution < 1.29 is 18.0 Å². The summed E-state index contributed by atoms with van der Waals surface area (Å²) in [6.07, 6.45) is 2.61. The summed E-state index contributed by atoms with van der Waals surface area (Å²) in [5, 5.41) is 2.84. The lowest BCUT2D eigenvalue weighted by atomic mass is 10.1. The minimum Gasteiger partial charge on any atom is -0.350 e. The third-order valence-electron chi connectivity index (χ3n) is 5.28. The van der Waals surface area contributed by atoms with E-state index in [1.54, 1.807) is 24.3 Å². The Bertz CT molecular complexity index is 991. The van der Waals surface area contributed by atoms with Gasteiger partial charge < -0.3 is 10.2 Å². The van der Waals surface area contributed by atoms with Crippen molar-refractivity contribution in [2.75, 3.05) is 19.8 Å². The Morgan fingerprint density at radius 1 is 1.10 bits per heavy atom. The predicted molar refractivity (Wildman–Crippen MR) is 115 cm³/mol. The van der Waals surface area contributed by atoms with E-state index in [0.29, 0.717) is 18.5 Å². The van der Waals surface area contributed by atoms with E-state index in [2.05, 4.69) is 5.32 Å². The van der Waals surface area contributed by atoms with E-state index < -0.39 is 16.1 Å². The number of benzene rings is 2. The summed E-state index contributed by atoms with van der Waals surface area (Å²) in [4.78, 5) is 26.5. The van der Waals surface area contributed by atoms with Crippen molar-refractivity contribution in [3.05, 3.63) is 71.3 Å². The molecule has 160 valence electrons. The van der Waals surface area contributed by atoms with E-state index in [-0.39, 0.29) is 18.4 Å². The molecule has 0 aromatic heterocycles. The first-order valence-electron chi connectivity index (χ1n) is 9.87. The maximum absolute atomic E-state index is 12.9. The van der Waals surface area contributed by atoms with Crippen molar-refractivity contribution in [3.8, 4) is 0 Å². The molecule has 0 saturated carbocycles. The van der Waals surface area contributed by atoms with Crippen LogP contribution in [0.3, 0.4) is 0 Å².